The molecule has 3 rings (SSSR count). The summed E-state index contributed by atoms with van der Waals surface area (Å²) in [6, 6.07) is 7.78. The van der Waals surface area contributed by atoms with Crippen LogP contribution in [0, 0.1) is 0 Å². The van der Waals surface area contributed by atoms with Crippen molar-refractivity contribution < 1.29 is 14.3 Å². The molecule has 2 unspecified atom stereocenters. The van der Waals surface area contributed by atoms with Gasteiger partial charge in [0.15, 0.2) is 5.17 Å². The Kier molecular flexibility index (Phi) is 5.81. The number of rotatable bonds is 4. The van der Waals surface area contributed by atoms with E-state index in [9.17, 15) is 4.79 Å². The van der Waals surface area contributed by atoms with E-state index in [1.807, 2.05) is 44.2 Å². The number of aliphatic imine (C=N–C) groups is 1. The Morgan fingerprint density at radius 3 is 2.76 bits per heavy atom. The first kappa shape index (κ1) is 18.0. The van der Waals surface area contributed by atoms with Crippen LogP contribution in [0.2, 0.25) is 0 Å². The van der Waals surface area contributed by atoms with E-state index in [4.69, 9.17) is 9.47 Å². The number of ether oxygens (including phenoxy) is 2. The Bertz CT molecular complexity index is 692. The molecule has 0 aliphatic carbocycles. The highest BCUT2D eigenvalue weighted by molar-refractivity contribution is 8.18. The first-order chi connectivity index (χ1) is 12.1. The second-order valence-corrected chi connectivity index (χ2v) is 7.37. The molecule has 1 amide bonds. The topological polar surface area (TPSA) is 51.1 Å². The van der Waals surface area contributed by atoms with Gasteiger partial charge in [-0.1, -0.05) is 25.1 Å². The zero-order valence-corrected chi connectivity index (χ0v) is 15.7. The van der Waals surface area contributed by atoms with Crippen LogP contribution in [-0.2, 0) is 9.53 Å². The van der Waals surface area contributed by atoms with Gasteiger partial charge >= 0.3 is 0 Å². The number of amides is 1. The molecule has 0 aromatic heterocycles. The van der Waals surface area contributed by atoms with Gasteiger partial charge in [-0.2, -0.15) is 4.99 Å². The maximum Gasteiger partial charge on any atom is 0.286 e. The Labute approximate surface area is 153 Å². The molecule has 0 N–H and O–H groups in total. The lowest BCUT2D eigenvalue weighted by Crippen LogP contribution is -2.47. The fourth-order valence-corrected chi connectivity index (χ4v) is 3.87. The first-order valence-corrected chi connectivity index (χ1v) is 9.53. The van der Waals surface area contributed by atoms with Crippen molar-refractivity contribution in [2.24, 2.45) is 4.99 Å². The van der Waals surface area contributed by atoms with Gasteiger partial charge in [0.1, 0.15) is 5.75 Å². The van der Waals surface area contributed by atoms with Gasteiger partial charge in [0.25, 0.3) is 5.91 Å². The molecule has 2 heterocycles. The van der Waals surface area contributed by atoms with Crippen LogP contribution in [0.25, 0.3) is 6.08 Å². The van der Waals surface area contributed by atoms with E-state index in [1.54, 1.807) is 0 Å². The minimum Gasteiger partial charge on any atom is -0.493 e. The van der Waals surface area contributed by atoms with Crippen molar-refractivity contribution in [3.63, 3.8) is 0 Å². The van der Waals surface area contributed by atoms with E-state index >= 15 is 0 Å². The summed E-state index contributed by atoms with van der Waals surface area (Å²) < 4.78 is 11.5. The third-order valence-electron chi connectivity index (χ3n) is 3.97. The highest BCUT2D eigenvalue weighted by Gasteiger charge is 2.31. The molecule has 0 radical (unpaired) electrons. The van der Waals surface area contributed by atoms with Gasteiger partial charge in [-0.15, -0.1) is 0 Å². The zero-order chi connectivity index (χ0) is 17.8. The monoisotopic (exact) mass is 360 g/mol. The maximum atomic E-state index is 12.3. The van der Waals surface area contributed by atoms with Crippen molar-refractivity contribution >= 4 is 28.9 Å². The minimum atomic E-state index is -0.183. The Hall–Kier alpha value is -1.79. The summed E-state index contributed by atoms with van der Waals surface area (Å²) in [7, 11) is 0. The summed E-state index contributed by atoms with van der Waals surface area (Å²) >= 11 is 1.43. The molecule has 2 aliphatic rings. The smallest absolute Gasteiger partial charge is 0.286 e. The lowest BCUT2D eigenvalue weighted by atomic mass is 10.2. The van der Waals surface area contributed by atoms with E-state index < -0.39 is 0 Å². The predicted octanol–water partition coefficient (Wildman–Crippen LogP) is 3.55. The number of thioether (sulfide) groups is 1. The number of hydrogen-bond donors (Lipinski definition) is 0. The number of amidine groups is 1. The highest BCUT2D eigenvalue weighted by atomic mass is 32.2. The predicted molar refractivity (Wildman–Crippen MR) is 102 cm³/mol. The normalized spacial score (nSPS) is 25.4. The van der Waals surface area contributed by atoms with Gasteiger partial charge in [-0.05, 0) is 44.2 Å². The quantitative estimate of drug-likeness (QED) is 0.769. The summed E-state index contributed by atoms with van der Waals surface area (Å²) in [4.78, 5) is 19.4. The molecule has 1 aromatic rings. The Morgan fingerprint density at radius 2 is 2.04 bits per heavy atom. The van der Waals surface area contributed by atoms with Crippen molar-refractivity contribution in [3.05, 3.63) is 34.7 Å². The molecule has 25 heavy (non-hydrogen) atoms. The molecule has 134 valence electrons. The second-order valence-electron chi connectivity index (χ2n) is 6.36. The lowest BCUT2D eigenvalue weighted by molar-refractivity contribution is -0.113. The molecule has 5 nitrogen and oxygen atoms in total. The first-order valence-electron chi connectivity index (χ1n) is 8.71. The third kappa shape index (κ3) is 4.44. The van der Waals surface area contributed by atoms with Gasteiger partial charge in [-0.3, -0.25) is 4.79 Å². The molecule has 0 bridgehead atoms. The highest BCUT2D eigenvalue weighted by Crippen LogP contribution is 2.33. The molecule has 1 saturated heterocycles. The largest absolute Gasteiger partial charge is 0.493 e. The van der Waals surface area contributed by atoms with Crippen molar-refractivity contribution in [1.29, 1.82) is 0 Å². The molecule has 0 spiro atoms. The minimum absolute atomic E-state index is 0.137. The standard InChI is InChI=1S/C19H24N2O3S/c1-4-9-23-16-8-6-5-7-15(16)10-17-18(22)20-19(25-17)21-11-13(2)24-14(3)12-21/h5-8,10,13-14H,4,9,11-12H2,1-3H3/b17-10-. The van der Waals surface area contributed by atoms with E-state index in [2.05, 4.69) is 16.8 Å². The van der Waals surface area contributed by atoms with Gasteiger partial charge in [0.05, 0.1) is 23.7 Å². The van der Waals surface area contributed by atoms with Crippen molar-refractivity contribution in [3.8, 4) is 5.75 Å². The molecular formula is C19H24N2O3S. The van der Waals surface area contributed by atoms with Crippen LogP contribution in [0.3, 0.4) is 0 Å². The molecule has 2 aliphatic heterocycles. The number of carbonyl (C=O) groups is 1. The molecule has 6 heteroatoms. The number of para-hydroxylation sites is 1. The fourth-order valence-electron chi connectivity index (χ4n) is 2.95. The van der Waals surface area contributed by atoms with Crippen molar-refractivity contribution in [1.82, 2.24) is 4.90 Å². The van der Waals surface area contributed by atoms with Gasteiger partial charge in [0, 0.05) is 18.7 Å². The Balaban J connectivity index is 1.75. The van der Waals surface area contributed by atoms with Crippen molar-refractivity contribution in [2.75, 3.05) is 19.7 Å². The van der Waals surface area contributed by atoms with E-state index in [-0.39, 0.29) is 18.1 Å². The number of nitrogens with zero attached hydrogens (tertiary/aromatic N) is 2. The summed E-state index contributed by atoms with van der Waals surface area (Å²) in [6.45, 7) is 8.33. The maximum absolute atomic E-state index is 12.3. The summed E-state index contributed by atoms with van der Waals surface area (Å²) in [6.07, 6.45) is 3.10. The van der Waals surface area contributed by atoms with Crippen LogP contribution in [-0.4, -0.2) is 47.9 Å². The average Bonchev–Trinajstić information content (AvgIpc) is 2.94. The average molecular weight is 360 g/mol. The van der Waals surface area contributed by atoms with Crippen LogP contribution >= 0.6 is 11.8 Å². The van der Waals surface area contributed by atoms with E-state index in [0.29, 0.717) is 11.5 Å². The van der Waals surface area contributed by atoms with Gasteiger partial charge < -0.3 is 14.4 Å². The van der Waals surface area contributed by atoms with E-state index in [0.717, 1.165) is 36.0 Å². The Morgan fingerprint density at radius 1 is 1.32 bits per heavy atom. The number of hydrogen-bond acceptors (Lipinski definition) is 5. The SMILES string of the molecule is CCCOc1ccccc1/C=C1\SC(N2CC(C)OC(C)C2)=NC1=O. The van der Waals surface area contributed by atoms with Gasteiger partial charge in [-0.25, -0.2) is 0 Å². The van der Waals surface area contributed by atoms with Crippen LogP contribution in [0.15, 0.2) is 34.2 Å². The van der Waals surface area contributed by atoms with Crippen LogP contribution in [0.1, 0.15) is 32.8 Å². The zero-order valence-electron chi connectivity index (χ0n) is 14.9. The van der Waals surface area contributed by atoms with E-state index in [1.165, 1.54) is 11.8 Å². The second kappa shape index (κ2) is 8.06. The fraction of sp³-hybridized carbons (Fsp3) is 0.474. The number of morpholine rings is 1. The number of carbonyl (C=O) groups excluding carboxylic acids is 1. The molecule has 1 aromatic carbocycles. The van der Waals surface area contributed by atoms with Crippen LogP contribution in [0.4, 0.5) is 0 Å². The molecule has 0 saturated carbocycles. The number of benzene rings is 1. The van der Waals surface area contributed by atoms with Gasteiger partial charge in [0.2, 0.25) is 0 Å². The summed E-state index contributed by atoms with van der Waals surface area (Å²) in [5.41, 5.74) is 0.909. The van der Waals surface area contributed by atoms with Crippen LogP contribution < -0.4 is 4.74 Å². The third-order valence-corrected chi connectivity index (χ3v) is 5.01. The van der Waals surface area contributed by atoms with Crippen LogP contribution in [0.5, 0.6) is 5.75 Å². The molecule has 2 atom stereocenters. The molecule has 1 fully saturated rings. The summed E-state index contributed by atoms with van der Waals surface area (Å²) in [5.74, 6) is 0.615. The summed E-state index contributed by atoms with van der Waals surface area (Å²) in [5, 5.41) is 0.769. The molecular weight excluding hydrogens is 336 g/mol. The lowest BCUT2D eigenvalue weighted by Gasteiger charge is -2.35. The van der Waals surface area contributed by atoms with Crippen molar-refractivity contribution in [2.45, 2.75) is 39.4 Å².